The molecule has 76 valence electrons. The average molecular weight is 195 g/mol. The molecular weight excluding hydrogens is 182 g/mol. The highest BCUT2D eigenvalue weighted by atomic mass is 16.7. The van der Waals surface area contributed by atoms with Crippen molar-refractivity contribution < 1.29 is 14.4 Å². The zero-order chi connectivity index (χ0) is 11.0. The Hall–Kier alpha value is -1.68. The molecular formula is C10H13NO3. The highest BCUT2D eigenvalue weighted by Crippen LogP contribution is 1.98. The van der Waals surface area contributed by atoms with E-state index in [1.54, 1.807) is 24.3 Å². The van der Waals surface area contributed by atoms with Crippen LogP contribution < -0.4 is 5.90 Å². The molecule has 1 rings (SSSR count). The molecule has 0 aliphatic rings. The molecule has 0 unspecified atom stereocenters. The second-order valence-corrected chi connectivity index (χ2v) is 2.68. The molecule has 0 saturated heterocycles. The summed E-state index contributed by atoms with van der Waals surface area (Å²) in [6.07, 6.45) is 0. The van der Waals surface area contributed by atoms with Gasteiger partial charge in [-0.15, -0.1) is 0 Å². The third kappa shape index (κ3) is 5.91. The molecule has 0 radical (unpaired) electrons. The van der Waals surface area contributed by atoms with Crippen LogP contribution >= 0.6 is 0 Å². The van der Waals surface area contributed by atoms with Gasteiger partial charge in [-0.1, -0.05) is 18.2 Å². The first-order valence-electron chi connectivity index (χ1n) is 4.01. The van der Waals surface area contributed by atoms with Crippen molar-refractivity contribution in [2.75, 3.05) is 0 Å². The lowest BCUT2D eigenvalue weighted by Crippen LogP contribution is -2.09. The fourth-order valence-electron chi connectivity index (χ4n) is 0.642. The van der Waals surface area contributed by atoms with Crippen LogP contribution in [0.1, 0.15) is 24.2 Å². The summed E-state index contributed by atoms with van der Waals surface area (Å²) in [5, 5.41) is 0. The maximum atomic E-state index is 10.7. The van der Waals surface area contributed by atoms with Crippen molar-refractivity contribution in [2.45, 2.75) is 13.8 Å². The maximum Gasteiger partial charge on any atom is 0.356 e. The summed E-state index contributed by atoms with van der Waals surface area (Å²) in [7, 11) is 0. The van der Waals surface area contributed by atoms with Crippen molar-refractivity contribution in [2.24, 2.45) is 5.90 Å². The van der Waals surface area contributed by atoms with E-state index in [0.717, 1.165) is 0 Å². The number of hydrogen-bond acceptors (Lipinski definition) is 4. The molecule has 0 heterocycles. The number of nitrogens with two attached hydrogens (primary N) is 1. The number of benzene rings is 1. The van der Waals surface area contributed by atoms with Crippen LogP contribution in [-0.4, -0.2) is 11.8 Å². The molecule has 4 nitrogen and oxygen atoms in total. The van der Waals surface area contributed by atoms with Crippen molar-refractivity contribution in [3.63, 3.8) is 0 Å². The van der Waals surface area contributed by atoms with Crippen LogP contribution in [0.2, 0.25) is 0 Å². The van der Waals surface area contributed by atoms with Gasteiger partial charge in [0.15, 0.2) is 0 Å². The Labute approximate surface area is 82.6 Å². The van der Waals surface area contributed by atoms with Gasteiger partial charge in [-0.3, -0.25) is 0 Å². The number of carbonyl (C=O) groups excluding carboxylic acids is 2. The summed E-state index contributed by atoms with van der Waals surface area (Å²) >= 11 is 0. The van der Waals surface area contributed by atoms with Crippen LogP contribution in [0.25, 0.3) is 0 Å². The topological polar surface area (TPSA) is 69.4 Å². The van der Waals surface area contributed by atoms with Gasteiger partial charge in [-0.2, -0.15) is 5.90 Å². The smallest absolute Gasteiger partial charge is 0.356 e. The van der Waals surface area contributed by atoms with E-state index in [2.05, 4.69) is 10.7 Å². The zero-order valence-electron chi connectivity index (χ0n) is 8.19. The van der Waals surface area contributed by atoms with Gasteiger partial charge in [0.2, 0.25) is 0 Å². The third-order valence-electron chi connectivity index (χ3n) is 1.12. The molecule has 0 bridgehead atoms. The van der Waals surface area contributed by atoms with Gasteiger partial charge in [-0.25, -0.2) is 4.79 Å². The summed E-state index contributed by atoms with van der Waals surface area (Å²) in [6.45, 7) is 3.06. The van der Waals surface area contributed by atoms with Crippen LogP contribution in [-0.2, 0) is 9.63 Å². The van der Waals surface area contributed by atoms with Crippen LogP contribution in [0.15, 0.2) is 30.3 Å². The molecule has 0 aliphatic carbocycles. The van der Waals surface area contributed by atoms with E-state index in [-0.39, 0.29) is 5.78 Å². The molecule has 0 spiro atoms. The van der Waals surface area contributed by atoms with Crippen LogP contribution in [0.5, 0.6) is 0 Å². The summed E-state index contributed by atoms with van der Waals surface area (Å²) in [4.78, 5) is 24.1. The van der Waals surface area contributed by atoms with Crippen molar-refractivity contribution in [1.82, 2.24) is 0 Å². The molecule has 0 fully saturated rings. The van der Waals surface area contributed by atoms with Crippen LogP contribution in [0.3, 0.4) is 0 Å². The fraction of sp³-hybridized carbons (Fsp3) is 0.200. The molecule has 14 heavy (non-hydrogen) atoms. The van der Waals surface area contributed by atoms with E-state index in [1.807, 2.05) is 6.07 Å². The number of carbonyl (C=O) groups is 2. The maximum absolute atomic E-state index is 10.7. The predicted octanol–water partition coefficient (Wildman–Crippen LogP) is 1.31. The number of Topliss-reactive ketones (excluding diaryl/α,β-unsaturated/α-hetero) is 1. The minimum absolute atomic E-state index is 0.167. The van der Waals surface area contributed by atoms with Gasteiger partial charge < -0.3 is 9.63 Å². The van der Waals surface area contributed by atoms with Gasteiger partial charge >= 0.3 is 5.97 Å². The number of ketones is 1. The first kappa shape index (κ1) is 12.3. The van der Waals surface area contributed by atoms with Gasteiger partial charge in [0.05, 0.1) is 5.56 Å². The van der Waals surface area contributed by atoms with Gasteiger partial charge in [0, 0.05) is 0 Å². The SMILES string of the molecule is CC(C)=O.NOC(=O)c1ccccc1. The van der Waals surface area contributed by atoms with Crippen molar-refractivity contribution >= 4 is 11.8 Å². The highest BCUT2D eigenvalue weighted by Gasteiger charge is 2.01. The molecule has 0 atom stereocenters. The lowest BCUT2D eigenvalue weighted by atomic mass is 10.2. The average Bonchev–Trinajstić information content (AvgIpc) is 2.17. The fourth-order valence-corrected chi connectivity index (χ4v) is 0.642. The lowest BCUT2D eigenvalue weighted by Gasteiger charge is -1.94. The Balaban J connectivity index is 0.000000364. The van der Waals surface area contributed by atoms with Gasteiger partial charge in [0.1, 0.15) is 5.78 Å². The molecule has 2 N–H and O–H groups in total. The minimum Gasteiger partial charge on any atom is -0.370 e. The summed E-state index contributed by atoms with van der Waals surface area (Å²) in [5.74, 6) is 4.31. The van der Waals surface area contributed by atoms with Crippen molar-refractivity contribution in [3.8, 4) is 0 Å². The molecule has 0 amide bonds. The monoisotopic (exact) mass is 195 g/mol. The molecule has 0 aromatic heterocycles. The van der Waals surface area contributed by atoms with E-state index in [4.69, 9.17) is 0 Å². The standard InChI is InChI=1S/C7H7NO2.C3H6O/c8-10-7(9)6-4-2-1-3-5-6;1-3(2)4/h1-5H,8H2;1-2H3. The Morgan fingerprint density at radius 2 is 1.57 bits per heavy atom. The molecule has 0 saturated carbocycles. The number of rotatable bonds is 1. The van der Waals surface area contributed by atoms with E-state index >= 15 is 0 Å². The van der Waals surface area contributed by atoms with E-state index in [0.29, 0.717) is 5.56 Å². The normalized spacial score (nSPS) is 8.21. The van der Waals surface area contributed by atoms with Crippen molar-refractivity contribution in [1.29, 1.82) is 0 Å². The van der Waals surface area contributed by atoms with E-state index in [1.165, 1.54) is 13.8 Å². The predicted molar refractivity (Wildman–Crippen MR) is 52.4 cm³/mol. The first-order chi connectivity index (χ1) is 6.57. The van der Waals surface area contributed by atoms with Crippen LogP contribution in [0, 0.1) is 0 Å². The summed E-state index contributed by atoms with van der Waals surface area (Å²) < 4.78 is 0. The largest absolute Gasteiger partial charge is 0.370 e. The Bertz CT molecular complexity index is 291. The van der Waals surface area contributed by atoms with Crippen LogP contribution in [0.4, 0.5) is 0 Å². The quantitative estimate of drug-likeness (QED) is 0.686. The Kier molecular flexibility index (Phi) is 5.98. The van der Waals surface area contributed by atoms with Crippen molar-refractivity contribution in [3.05, 3.63) is 35.9 Å². The first-order valence-corrected chi connectivity index (χ1v) is 4.01. The molecule has 0 aliphatic heterocycles. The molecule has 4 heteroatoms. The molecule has 1 aromatic carbocycles. The van der Waals surface area contributed by atoms with Gasteiger partial charge in [-0.05, 0) is 26.0 Å². The highest BCUT2D eigenvalue weighted by molar-refractivity contribution is 5.88. The third-order valence-corrected chi connectivity index (χ3v) is 1.12. The second kappa shape index (κ2) is 6.80. The molecule has 1 aromatic rings. The lowest BCUT2D eigenvalue weighted by molar-refractivity contribution is -0.114. The summed E-state index contributed by atoms with van der Waals surface area (Å²) in [5.41, 5.74) is 0.463. The second-order valence-electron chi connectivity index (χ2n) is 2.68. The Morgan fingerprint density at radius 3 is 1.93 bits per heavy atom. The van der Waals surface area contributed by atoms with E-state index < -0.39 is 5.97 Å². The summed E-state index contributed by atoms with van der Waals surface area (Å²) in [6, 6.07) is 8.57. The number of hydrogen-bond donors (Lipinski definition) is 1. The minimum atomic E-state index is -0.513. The Morgan fingerprint density at radius 1 is 1.14 bits per heavy atom. The van der Waals surface area contributed by atoms with E-state index in [9.17, 15) is 9.59 Å². The zero-order valence-corrected chi connectivity index (χ0v) is 8.19. The van der Waals surface area contributed by atoms with Gasteiger partial charge in [0.25, 0.3) is 0 Å².